The number of methoxy groups -OCH3 is 1. The summed E-state index contributed by atoms with van der Waals surface area (Å²) in [6.07, 6.45) is 1.39. The SMILES string of the molecule is COc1ccc(COc2nc(C(C)(C)C)nc3sc([C@H]4CCCN4C(=O)OCc4ccccc4)nc23)cc1. The number of nitrogens with zero attached hydrogens (tertiary/aromatic N) is 4. The molecule has 3 heterocycles. The van der Waals surface area contributed by atoms with Crippen LogP contribution in [0.4, 0.5) is 4.79 Å². The molecule has 38 heavy (non-hydrogen) atoms. The lowest BCUT2D eigenvalue weighted by atomic mass is 9.96. The van der Waals surface area contributed by atoms with Gasteiger partial charge in [-0.1, -0.05) is 74.6 Å². The van der Waals surface area contributed by atoms with Gasteiger partial charge < -0.3 is 14.2 Å². The molecule has 1 fully saturated rings. The van der Waals surface area contributed by atoms with Crippen molar-refractivity contribution in [3.05, 3.63) is 76.6 Å². The van der Waals surface area contributed by atoms with Gasteiger partial charge in [0.1, 0.15) is 29.8 Å². The van der Waals surface area contributed by atoms with E-state index in [2.05, 4.69) is 20.8 Å². The van der Waals surface area contributed by atoms with Gasteiger partial charge in [-0.15, -0.1) is 0 Å². The Morgan fingerprint density at radius 2 is 1.74 bits per heavy atom. The van der Waals surface area contributed by atoms with Crippen LogP contribution in [-0.2, 0) is 23.4 Å². The van der Waals surface area contributed by atoms with E-state index in [4.69, 9.17) is 29.2 Å². The molecule has 1 saturated heterocycles. The first kappa shape index (κ1) is 25.9. The van der Waals surface area contributed by atoms with E-state index in [1.54, 1.807) is 12.0 Å². The molecule has 8 nitrogen and oxygen atoms in total. The van der Waals surface area contributed by atoms with Crippen molar-refractivity contribution in [2.45, 2.75) is 58.3 Å². The minimum absolute atomic E-state index is 0.162. The van der Waals surface area contributed by atoms with Crippen LogP contribution in [0.2, 0.25) is 0 Å². The zero-order chi connectivity index (χ0) is 26.7. The molecular formula is C29H32N4O4S. The summed E-state index contributed by atoms with van der Waals surface area (Å²) in [7, 11) is 1.64. The molecule has 1 amide bonds. The normalized spacial score (nSPS) is 15.6. The number of ether oxygens (including phenoxy) is 3. The highest BCUT2D eigenvalue weighted by molar-refractivity contribution is 7.18. The lowest BCUT2D eigenvalue weighted by Crippen LogP contribution is -2.31. The van der Waals surface area contributed by atoms with Crippen LogP contribution in [0.1, 0.15) is 61.6 Å². The first-order valence-corrected chi connectivity index (χ1v) is 13.6. The third kappa shape index (κ3) is 5.72. The van der Waals surface area contributed by atoms with Gasteiger partial charge in [-0.2, -0.15) is 4.98 Å². The molecule has 0 radical (unpaired) electrons. The number of likely N-dealkylation sites (tertiary alicyclic amines) is 1. The number of fused-ring (bicyclic) bond motifs is 1. The molecule has 0 aliphatic carbocycles. The minimum Gasteiger partial charge on any atom is -0.497 e. The fraction of sp³-hybridized carbons (Fsp3) is 0.379. The second kappa shape index (κ2) is 10.9. The van der Waals surface area contributed by atoms with Crippen molar-refractivity contribution in [2.24, 2.45) is 0 Å². The van der Waals surface area contributed by atoms with Gasteiger partial charge in [0.2, 0.25) is 5.88 Å². The number of hydrogen-bond acceptors (Lipinski definition) is 8. The predicted molar refractivity (Wildman–Crippen MR) is 147 cm³/mol. The van der Waals surface area contributed by atoms with Crippen LogP contribution < -0.4 is 9.47 Å². The first-order chi connectivity index (χ1) is 18.3. The van der Waals surface area contributed by atoms with Crippen molar-refractivity contribution in [1.29, 1.82) is 0 Å². The van der Waals surface area contributed by atoms with E-state index in [1.165, 1.54) is 11.3 Å². The average molecular weight is 533 g/mol. The molecule has 1 atom stereocenters. The van der Waals surface area contributed by atoms with Crippen molar-refractivity contribution in [3.63, 3.8) is 0 Å². The van der Waals surface area contributed by atoms with E-state index in [0.717, 1.165) is 39.6 Å². The Bertz CT molecular complexity index is 1400. The third-order valence-electron chi connectivity index (χ3n) is 6.43. The molecule has 0 bridgehead atoms. The van der Waals surface area contributed by atoms with Crippen LogP contribution in [0.25, 0.3) is 10.3 Å². The van der Waals surface area contributed by atoms with Gasteiger partial charge in [0.05, 0.1) is 13.2 Å². The predicted octanol–water partition coefficient (Wildman–Crippen LogP) is 6.45. The maximum absolute atomic E-state index is 13.0. The minimum atomic E-state index is -0.326. The zero-order valence-electron chi connectivity index (χ0n) is 22.1. The highest BCUT2D eigenvalue weighted by Crippen LogP contribution is 2.39. The largest absolute Gasteiger partial charge is 0.497 e. The van der Waals surface area contributed by atoms with E-state index in [-0.39, 0.29) is 24.2 Å². The molecule has 1 aliphatic heterocycles. The van der Waals surface area contributed by atoms with Crippen LogP contribution in [0.15, 0.2) is 54.6 Å². The average Bonchev–Trinajstić information content (AvgIpc) is 3.58. The van der Waals surface area contributed by atoms with E-state index in [9.17, 15) is 4.79 Å². The summed E-state index contributed by atoms with van der Waals surface area (Å²) in [6, 6.07) is 17.3. The van der Waals surface area contributed by atoms with Crippen molar-refractivity contribution in [2.75, 3.05) is 13.7 Å². The van der Waals surface area contributed by atoms with E-state index < -0.39 is 0 Å². The van der Waals surface area contributed by atoms with Crippen LogP contribution in [0.3, 0.4) is 0 Å². The summed E-state index contributed by atoms with van der Waals surface area (Å²) < 4.78 is 17.1. The number of hydrogen-bond donors (Lipinski definition) is 0. The summed E-state index contributed by atoms with van der Waals surface area (Å²) in [6.45, 7) is 7.44. The van der Waals surface area contributed by atoms with Crippen LogP contribution in [-0.4, -0.2) is 39.6 Å². The number of aromatic nitrogens is 3. The summed E-state index contributed by atoms with van der Waals surface area (Å²) in [5, 5.41) is 0.823. The van der Waals surface area contributed by atoms with Gasteiger partial charge in [-0.05, 0) is 36.1 Å². The van der Waals surface area contributed by atoms with Crippen molar-refractivity contribution >= 4 is 27.8 Å². The fourth-order valence-electron chi connectivity index (χ4n) is 4.31. The molecule has 0 N–H and O–H groups in total. The quantitative estimate of drug-likeness (QED) is 0.270. The topological polar surface area (TPSA) is 86.7 Å². The molecule has 4 aromatic rings. The summed E-state index contributed by atoms with van der Waals surface area (Å²) >= 11 is 1.49. The maximum Gasteiger partial charge on any atom is 0.410 e. The van der Waals surface area contributed by atoms with Crippen molar-refractivity contribution < 1.29 is 19.0 Å². The molecule has 1 aliphatic rings. The van der Waals surface area contributed by atoms with E-state index in [1.807, 2.05) is 54.6 Å². The Labute approximate surface area is 226 Å². The smallest absolute Gasteiger partial charge is 0.410 e. The van der Waals surface area contributed by atoms with Crippen molar-refractivity contribution in [1.82, 2.24) is 19.9 Å². The Kier molecular flexibility index (Phi) is 7.46. The Balaban J connectivity index is 1.39. The molecular weight excluding hydrogens is 500 g/mol. The van der Waals surface area contributed by atoms with Gasteiger partial charge >= 0.3 is 6.09 Å². The lowest BCUT2D eigenvalue weighted by Gasteiger charge is -2.22. The number of carbonyl (C=O) groups excluding carboxylic acids is 1. The number of amides is 1. The van der Waals surface area contributed by atoms with E-state index in [0.29, 0.717) is 30.4 Å². The van der Waals surface area contributed by atoms with Gasteiger partial charge in [-0.25, -0.2) is 14.8 Å². The molecule has 0 spiro atoms. The highest BCUT2D eigenvalue weighted by Gasteiger charge is 2.34. The monoisotopic (exact) mass is 532 g/mol. The summed E-state index contributed by atoms with van der Waals surface area (Å²) in [5.74, 6) is 1.94. The first-order valence-electron chi connectivity index (χ1n) is 12.7. The number of benzene rings is 2. The maximum atomic E-state index is 13.0. The van der Waals surface area contributed by atoms with Gasteiger partial charge in [0.25, 0.3) is 0 Å². The second-order valence-corrected chi connectivity index (χ2v) is 11.3. The van der Waals surface area contributed by atoms with Gasteiger partial charge in [0, 0.05) is 12.0 Å². The van der Waals surface area contributed by atoms with E-state index >= 15 is 0 Å². The number of carbonyl (C=O) groups is 1. The molecule has 5 rings (SSSR count). The molecule has 198 valence electrons. The van der Waals surface area contributed by atoms with Crippen LogP contribution >= 0.6 is 11.3 Å². The Morgan fingerprint density at radius 3 is 2.45 bits per heavy atom. The summed E-state index contributed by atoms with van der Waals surface area (Å²) in [5.41, 5.74) is 2.31. The Morgan fingerprint density at radius 1 is 1.00 bits per heavy atom. The highest BCUT2D eigenvalue weighted by atomic mass is 32.1. The number of thiazole rings is 1. The van der Waals surface area contributed by atoms with Crippen molar-refractivity contribution in [3.8, 4) is 11.6 Å². The molecule has 9 heteroatoms. The number of rotatable bonds is 7. The fourth-order valence-corrected chi connectivity index (χ4v) is 5.39. The van der Waals surface area contributed by atoms with Crippen LogP contribution in [0, 0.1) is 0 Å². The lowest BCUT2D eigenvalue weighted by molar-refractivity contribution is 0.0920. The second-order valence-electron chi connectivity index (χ2n) is 10.3. The molecule has 2 aromatic heterocycles. The Hall–Kier alpha value is -3.72. The third-order valence-corrected chi connectivity index (χ3v) is 7.48. The molecule has 2 aromatic carbocycles. The summed E-state index contributed by atoms with van der Waals surface area (Å²) in [4.78, 5) is 30.0. The molecule has 0 unspecified atom stereocenters. The van der Waals surface area contributed by atoms with Crippen LogP contribution in [0.5, 0.6) is 11.6 Å². The molecule has 0 saturated carbocycles. The standard InChI is InChI=1S/C29H32N4O4S/c1-29(2,3)27-31-24(36-17-20-12-14-21(35-4)15-13-20)23-26(32-27)38-25(30-23)22-11-8-16-33(22)28(34)37-18-19-9-6-5-7-10-19/h5-7,9-10,12-15,22H,8,11,16-18H2,1-4H3/t22-/m1/s1. The van der Waals surface area contributed by atoms with Gasteiger partial charge in [0.15, 0.2) is 10.3 Å². The zero-order valence-corrected chi connectivity index (χ0v) is 23.0. The van der Waals surface area contributed by atoms with Gasteiger partial charge in [-0.3, -0.25) is 4.90 Å².